The van der Waals surface area contributed by atoms with E-state index in [2.05, 4.69) is 65.0 Å². The Morgan fingerprint density at radius 3 is 2.60 bits per heavy atom. The average Bonchev–Trinajstić information content (AvgIpc) is 3.15. The molecule has 0 amide bonds. The van der Waals surface area contributed by atoms with Crippen LogP contribution in [0.15, 0.2) is 59.7 Å². The molecule has 1 heterocycles. The van der Waals surface area contributed by atoms with Crippen molar-refractivity contribution >= 4 is 5.96 Å². The van der Waals surface area contributed by atoms with Crippen molar-refractivity contribution in [3.05, 3.63) is 77.1 Å². The first-order valence-electron chi connectivity index (χ1n) is 10.3. The molecule has 0 bridgehead atoms. The fourth-order valence-corrected chi connectivity index (χ4v) is 3.34. The molecule has 2 N–H and O–H groups in total. The first-order valence-corrected chi connectivity index (χ1v) is 10.3. The molecule has 3 aromatic rings. The normalized spacial score (nSPS) is 11.4. The van der Waals surface area contributed by atoms with E-state index in [0.717, 1.165) is 48.0 Å². The summed E-state index contributed by atoms with van der Waals surface area (Å²) in [5, 5.41) is 11.4. The number of methoxy groups -OCH3 is 1. The van der Waals surface area contributed by atoms with Crippen LogP contribution in [0.25, 0.3) is 5.69 Å². The number of aromatic nitrogens is 2. The first kappa shape index (κ1) is 21.4. The highest BCUT2D eigenvalue weighted by Crippen LogP contribution is 2.19. The molecule has 0 radical (unpaired) electrons. The maximum atomic E-state index is 5.48. The van der Waals surface area contributed by atoms with Gasteiger partial charge in [0.2, 0.25) is 0 Å². The number of ether oxygens (including phenoxy) is 1. The molecule has 0 spiro atoms. The molecule has 6 nitrogen and oxygen atoms in total. The largest absolute Gasteiger partial charge is 0.496 e. The number of aliphatic imine (C=N–C) groups is 1. The third-order valence-electron chi connectivity index (χ3n) is 5.05. The van der Waals surface area contributed by atoms with Crippen LogP contribution in [0.5, 0.6) is 5.75 Å². The Hall–Kier alpha value is -3.28. The molecule has 1 aromatic heterocycles. The summed E-state index contributed by atoms with van der Waals surface area (Å²) < 4.78 is 7.43. The van der Waals surface area contributed by atoms with E-state index in [4.69, 9.17) is 4.74 Å². The van der Waals surface area contributed by atoms with Gasteiger partial charge >= 0.3 is 0 Å². The van der Waals surface area contributed by atoms with Gasteiger partial charge in [-0.3, -0.25) is 4.99 Å². The molecule has 0 atom stereocenters. The fraction of sp³-hybridized carbons (Fsp3) is 0.333. The lowest BCUT2D eigenvalue weighted by Crippen LogP contribution is -2.37. The van der Waals surface area contributed by atoms with Gasteiger partial charge in [-0.05, 0) is 56.0 Å². The van der Waals surface area contributed by atoms with Crippen molar-refractivity contribution in [3.8, 4) is 11.4 Å². The zero-order valence-electron chi connectivity index (χ0n) is 18.3. The number of hydrogen-bond donors (Lipinski definition) is 2. The molecule has 0 aliphatic carbocycles. The highest BCUT2D eigenvalue weighted by Gasteiger charge is 2.07. The zero-order valence-corrected chi connectivity index (χ0v) is 18.3. The van der Waals surface area contributed by atoms with Gasteiger partial charge in [-0.15, -0.1) is 0 Å². The van der Waals surface area contributed by atoms with E-state index in [9.17, 15) is 0 Å². The molecule has 2 aromatic carbocycles. The van der Waals surface area contributed by atoms with Gasteiger partial charge in [0.1, 0.15) is 5.75 Å². The van der Waals surface area contributed by atoms with Crippen LogP contribution in [-0.2, 0) is 13.0 Å². The maximum Gasteiger partial charge on any atom is 0.191 e. The quantitative estimate of drug-likeness (QED) is 0.340. The highest BCUT2D eigenvalue weighted by atomic mass is 16.5. The number of hydrogen-bond acceptors (Lipinski definition) is 3. The number of nitrogens with one attached hydrogen (secondary N) is 2. The molecule has 30 heavy (non-hydrogen) atoms. The van der Waals surface area contributed by atoms with Crippen molar-refractivity contribution in [2.24, 2.45) is 4.99 Å². The third-order valence-corrected chi connectivity index (χ3v) is 5.05. The number of aryl methyl sites for hydroxylation is 3. The number of para-hydroxylation sites is 1. The molecule has 0 unspecified atom stereocenters. The van der Waals surface area contributed by atoms with Gasteiger partial charge in [0.15, 0.2) is 5.96 Å². The van der Waals surface area contributed by atoms with Crippen molar-refractivity contribution in [2.75, 3.05) is 20.7 Å². The standard InChI is InChI=1S/C24H31N5O/c1-18-12-13-20(23(15-18)30-4)16-27-24(25-3)26-14-8-9-21-17-29(28-19(21)2)22-10-6-5-7-11-22/h5-7,10-13,15,17H,8-9,14,16H2,1-4H3,(H2,25,26,27). The van der Waals surface area contributed by atoms with Gasteiger partial charge in [0, 0.05) is 31.9 Å². The molecule has 0 fully saturated rings. The smallest absolute Gasteiger partial charge is 0.191 e. The van der Waals surface area contributed by atoms with E-state index < -0.39 is 0 Å². The lowest BCUT2D eigenvalue weighted by Gasteiger charge is -2.14. The lowest BCUT2D eigenvalue weighted by atomic mass is 10.1. The predicted octanol–water partition coefficient (Wildman–Crippen LogP) is 3.80. The first-order chi connectivity index (χ1) is 14.6. The summed E-state index contributed by atoms with van der Waals surface area (Å²) in [5.41, 5.74) is 5.72. The van der Waals surface area contributed by atoms with Gasteiger partial charge in [-0.2, -0.15) is 5.10 Å². The molecular weight excluding hydrogens is 374 g/mol. The molecule has 0 aliphatic heterocycles. The monoisotopic (exact) mass is 405 g/mol. The van der Waals surface area contributed by atoms with Crippen LogP contribution in [0.1, 0.15) is 28.8 Å². The molecule has 158 valence electrons. The Balaban J connectivity index is 1.47. The van der Waals surface area contributed by atoms with Crippen LogP contribution in [0.3, 0.4) is 0 Å². The third kappa shape index (κ3) is 5.63. The van der Waals surface area contributed by atoms with Gasteiger partial charge < -0.3 is 15.4 Å². The second-order valence-electron chi connectivity index (χ2n) is 7.29. The summed E-state index contributed by atoms with van der Waals surface area (Å²) in [6.45, 7) is 5.62. The maximum absolute atomic E-state index is 5.48. The molecule has 0 saturated heterocycles. The Kier molecular flexibility index (Phi) is 7.49. The minimum absolute atomic E-state index is 0.659. The Morgan fingerprint density at radius 1 is 1.07 bits per heavy atom. The molecule has 6 heteroatoms. The second kappa shape index (κ2) is 10.5. The van der Waals surface area contributed by atoms with Crippen molar-refractivity contribution in [2.45, 2.75) is 33.2 Å². The van der Waals surface area contributed by atoms with Gasteiger partial charge in [-0.25, -0.2) is 4.68 Å². The molecule has 0 aliphatic rings. The Morgan fingerprint density at radius 2 is 1.87 bits per heavy atom. The van der Waals surface area contributed by atoms with E-state index in [-0.39, 0.29) is 0 Å². The average molecular weight is 406 g/mol. The molecular formula is C24H31N5O. The van der Waals surface area contributed by atoms with Crippen LogP contribution in [0.2, 0.25) is 0 Å². The number of benzene rings is 2. The summed E-state index contributed by atoms with van der Waals surface area (Å²) >= 11 is 0. The number of guanidine groups is 1. The summed E-state index contributed by atoms with van der Waals surface area (Å²) in [7, 11) is 3.49. The van der Waals surface area contributed by atoms with E-state index in [1.807, 2.05) is 28.9 Å². The van der Waals surface area contributed by atoms with Crippen molar-refractivity contribution in [1.82, 2.24) is 20.4 Å². The van der Waals surface area contributed by atoms with Crippen molar-refractivity contribution in [1.29, 1.82) is 0 Å². The second-order valence-corrected chi connectivity index (χ2v) is 7.29. The highest BCUT2D eigenvalue weighted by molar-refractivity contribution is 5.79. The van der Waals surface area contributed by atoms with Crippen LogP contribution < -0.4 is 15.4 Å². The Bertz CT molecular complexity index is 979. The Labute approximate surface area is 179 Å². The zero-order chi connectivity index (χ0) is 21.3. The molecule has 3 rings (SSSR count). The fourth-order valence-electron chi connectivity index (χ4n) is 3.34. The van der Waals surface area contributed by atoms with Crippen molar-refractivity contribution in [3.63, 3.8) is 0 Å². The van der Waals surface area contributed by atoms with Crippen LogP contribution in [0.4, 0.5) is 0 Å². The van der Waals surface area contributed by atoms with E-state index >= 15 is 0 Å². The summed E-state index contributed by atoms with van der Waals surface area (Å²) in [6.07, 6.45) is 4.09. The lowest BCUT2D eigenvalue weighted by molar-refractivity contribution is 0.408. The van der Waals surface area contributed by atoms with Crippen LogP contribution in [-0.4, -0.2) is 36.4 Å². The summed E-state index contributed by atoms with van der Waals surface area (Å²) in [5.74, 6) is 1.68. The topological polar surface area (TPSA) is 63.5 Å². The number of rotatable bonds is 8. The van der Waals surface area contributed by atoms with Crippen LogP contribution in [0, 0.1) is 13.8 Å². The van der Waals surface area contributed by atoms with Crippen LogP contribution >= 0.6 is 0 Å². The minimum atomic E-state index is 0.659. The van der Waals surface area contributed by atoms with Crippen molar-refractivity contribution < 1.29 is 4.74 Å². The summed E-state index contributed by atoms with van der Waals surface area (Å²) in [4.78, 5) is 4.32. The number of nitrogens with zero attached hydrogens (tertiary/aromatic N) is 3. The summed E-state index contributed by atoms with van der Waals surface area (Å²) in [6, 6.07) is 16.4. The SMILES string of the molecule is CN=C(NCCCc1cn(-c2ccccc2)nc1C)NCc1ccc(C)cc1OC. The van der Waals surface area contributed by atoms with Gasteiger partial charge in [0.25, 0.3) is 0 Å². The van der Waals surface area contributed by atoms with E-state index in [0.29, 0.717) is 6.54 Å². The van der Waals surface area contributed by atoms with E-state index in [1.54, 1.807) is 14.2 Å². The minimum Gasteiger partial charge on any atom is -0.496 e. The molecule has 0 saturated carbocycles. The van der Waals surface area contributed by atoms with E-state index in [1.165, 1.54) is 11.1 Å². The van der Waals surface area contributed by atoms with Gasteiger partial charge in [-0.1, -0.05) is 30.3 Å². The van der Waals surface area contributed by atoms with Gasteiger partial charge in [0.05, 0.1) is 18.5 Å². The predicted molar refractivity (Wildman–Crippen MR) is 123 cm³/mol.